The third-order valence-electron chi connectivity index (χ3n) is 12.3. The largest absolute Gasteiger partial charge is 0.278 e. The monoisotopic (exact) mass is 799 g/mol. The summed E-state index contributed by atoms with van der Waals surface area (Å²) in [6.07, 6.45) is 0. The van der Waals surface area contributed by atoms with E-state index < -0.39 is 0 Å². The summed E-state index contributed by atoms with van der Waals surface area (Å²) in [5.41, 5.74) is 15.7. The maximum absolute atomic E-state index is 5.26. The molecule has 3 heterocycles. The number of aromatic nitrogens is 5. The fourth-order valence-corrected chi connectivity index (χ4v) is 10.2. The molecule has 0 bridgehead atoms. The average Bonchev–Trinajstić information content (AvgIpc) is 3.97. The zero-order valence-corrected chi connectivity index (χ0v) is 34.4. The topological polar surface area (TPSA) is 56.5 Å². The maximum Gasteiger partial charge on any atom is 0.238 e. The van der Waals surface area contributed by atoms with Crippen LogP contribution in [0.2, 0.25) is 0 Å². The molecule has 1 aliphatic rings. The van der Waals surface area contributed by atoms with E-state index >= 15 is 0 Å². The fourth-order valence-electron chi connectivity index (χ4n) is 9.18. The van der Waals surface area contributed by atoms with Gasteiger partial charge in [0, 0.05) is 32.9 Å². The van der Waals surface area contributed by atoms with Gasteiger partial charge in [-0.3, -0.25) is 4.57 Å². The van der Waals surface area contributed by atoms with Crippen LogP contribution < -0.4 is 0 Å². The Morgan fingerprint density at radius 1 is 0.410 bits per heavy atom. The maximum atomic E-state index is 5.26. The summed E-state index contributed by atoms with van der Waals surface area (Å²) in [4.78, 5) is 20.7. The normalized spacial score (nSPS) is 12.9. The lowest BCUT2D eigenvalue weighted by molar-refractivity contribution is 0.661. The molecule has 0 saturated carbocycles. The first-order valence-electron chi connectivity index (χ1n) is 20.6. The molecule has 12 rings (SSSR count). The van der Waals surface area contributed by atoms with Crippen LogP contribution in [0.15, 0.2) is 188 Å². The number of rotatable bonds is 6. The zero-order valence-electron chi connectivity index (χ0n) is 33.5. The minimum absolute atomic E-state index is 0.181. The van der Waals surface area contributed by atoms with Gasteiger partial charge in [0.2, 0.25) is 5.95 Å². The van der Waals surface area contributed by atoms with Crippen molar-refractivity contribution >= 4 is 43.4 Å². The first-order chi connectivity index (χ1) is 30.0. The van der Waals surface area contributed by atoms with Crippen molar-refractivity contribution in [2.24, 2.45) is 0 Å². The molecule has 0 N–H and O–H groups in total. The van der Waals surface area contributed by atoms with Gasteiger partial charge in [-0.2, -0.15) is 9.97 Å². The highest BCUT2D eigenvalue weighted by Gasteiger charge is 2.36. The second-order valence-corrected chi connectivity index (χ2v) is 17.3. The predicted molar refractivity (Wildman–Crippen MR) is 252 cm³/mol. The van der Waals surface area contributed by atoms with Crippen LogP contribution in [0.1, 0.15) is 25.0 Å². The second-order valence-electron chi connectivity index (χ2n) is 16.3. The minimum Gasteiger partial charge on any atom is -0.278 e. The van der Waals surface area contributed by atoms with Crippen molar-refractivity contribution in [2.75, 3.05) is 0 Å². The van der Waals surface area contributed by atoms with E-state index in [1.165, 1.54) is 32.5 Å². The fraction of sp³-hybridized carbons (Fsp3) is 0.0545. The predicted octanol–water partition coefficient (Wildman–Crippen LogP) is 14.2. The van der Waals surface area contributed by atoms with Crippen LogP contribution in [0, 0.1) is 0 Å². The van der Waals surface area contributed by atoms with Crippen molar-refractivity contribution in [3.8, 4) is 72.7 Å². The summed E-state index contributed by atoms with van der Waals surface area (Å²) in [5.74, 6) is 1.82. The van der Waals surface area contributed by atoms with Crippen molar-refractivity contribution in [1.82, 2.24) is 24.5 Å². The highest BCUT2D eigenvalue weighted by molar-refractivity contribution is 7.21. The lowest BCUT2D eigenvalue weighted by atomic mass is 9.81. The molecule has 288 valence electrons. The summed E-state index contributed by atoms with van der Waals surface area (Å²) in [6.45, 7) is 4.69. The van der Waals surface area contributed by atoms with E-state index in [9.17, 15) is 0 Å². The van der Waals surface area contributed by atoms with Gasteiger partial charge in [0.05, 0.1) is 21.3 Å². The summed E-state index contributed by atoms with van der Waals surface area (Å²) in [7, 11) is 0. The summed E-state index contributed by atoms with van der Waals surface area (Å²) in [6, 6.07) is 66.6. The van der Waals surface area contributed by atoms with Gasteiger partial charge in [0.25, 0.3) is 0 Å². The van der Waals surface area contributed by atoms with E-state index in [0.29, 0.717) is 17.6 Å². The molecule has 6 heteroatoms. The SMILES string of the molecule is CC1(C)c2cc(-c3cccc(-c4nc(-c5ccc(-c6ccccc6)cc5)nc(-n5c6ccccc6c6ccccc65)n4)c3)ccc2-c2cc3nc(-c4ccccc4)sc3cc21. The molecule has 0 aliphatic heterocycles. The van der Waals surface area contributed by atoms with E-state index in [4.69, 9.17) is 19.9 Å². The van der Waals surface area contributed by atoms with Gasteiger partial charge in [-0.1, -0.05) is 166 Å². The van der Waals surface area contributed by atoms with Crippen LogP contribution in [-0.2, 0) is 5.41 Å². The van der Waals surface area contributed by atoms with Gasteiger partial charge >= 0.3 is 0 Å². The molecule has 8 aromatic carbocycles. The van der Waals surface area contributed by atoms with Gasteiger partial charge in [0.1, 0.15) is 5.01 Å². The third-order valence-corrected chi connectivity index (χ3v) is 13.4. The Morgan fingerprint density at radius 3 is 1.67 bits per heavy atom. The van der Waals surface area contributed by atoms with Crippen LogP contribution in [-0.4, -0.2) is 24.5 Å². The van der Waals surface area contributed by atoms with E-state index in [1.54, 1.807) is 11.3 Å². The van der Waals surface area contributed by atoms with E-state index in [2.05, 4.69) is 200 Å². The number of hydrogen-bond donors (Lipinski definition) is 0. The molecule has 0 fully saturated rings. The molecule has 0 saturated heterocycles. The molecule has 1 aliphatic carbocycles. The Hall–Kier alpha value is -7.54. The van der Waals surface area contributed by atoms with Crippen molar-refractivity contribution in [1.29, 1.82) is 0 Å². The molecule has 61 heavy (non-hydrogen) atoms. The first-order valence-corrected chi connectivity index (χ1v) is 21.4. The van der Waals surface area contributed by atoms with Crippen molar-refractivity contribution in [3.05, 3.63) is 199 Å². The van der Waals surface area contributed by atoms with Crippen molar-refractivity contribution in [2.45, 2.75) is 19.3 Å². The lowest BCUT2D eigenvalue weighted by Crippen LogP contribution is -2.15. The second kappa shape index (κ2) is 13.8. The van der Waals surface area contributed by atoms with Gasteiger partial charge in [-0.05, 0) is 80.9 Å². The Balaban J connectivity index is 0.966. The molecule has 5 nitrogen and oxygen atoms in total. The Morgan fingerprint density at radius 2 is 0.951 bits per heavy atom. The lowest BCUT2D eigenvalue weighted by Gasteiger charge is -2.22. The summed E-state index contributed by atoms with van der Waals surface area (Å²) in [5, 5.41) is 3.37. The van der Waals surface area contributed by atoms with Crippen LogP contribution in [0.4, 0.5) is 0 Å². The van der Waals surface area contributed by atoms with Gasteiger partial charge in [-0.15, -0.1) is 11.3 Å². The molecule has 0 spiro atoms. The number of fused-ring (bicyclic) bond motifs is 7. The summed E-state index contributed by atoms with van der Waals surface area (Å²) < 4.78 is 3.39. The quantitative estimate of drug-likeness (QED) is 0.168. The molecule has 3 aromatic heterocycles. The summed E-state index contributed by atoms with van der Waals surface area (Å²) >= 11 is 1.77. The number of hydrogen-bond acceptors (Lipinski definition) is 5. The average molecular weight is 800 g/mol. The molecule has 11 aromatic rings. The Bertz CT molecular complexity index is 3440. The smallest absolute Gasteiger partial charge is 0.238 e. The molecule has 0 unspecified atom stereocenters. The molecule has 0 atom stereocenters. The molecule has 0 amide bonds. The van der Waals surface area contributed by atoms with E-state index in [1.807, 2.05) is 6.07 Å². The van der Waals surface area contributed by atoms with Gasteiger partial charge in [-0.25, -0.2) is 9.97 Å². The van der Waals surface area contributed by atoms with Crippen LogP contribution in [0.3, 0.4) is 0 Å². The van der Waals surface area contributed by atoms with Crippen molar-refractivity contribution in [3.63, 3.8) is 0 Å². The first kappa shape index (κ1) is 35.4. The van der Waals surface area contributed by atoms with E-state index in [0.717, 1.165) is 65.7 Å². The number of benzene rings is 8. The standard InChI is InChI=1S/C55H37N5S/c1-55(2)45-31-39(28-29-41(45)44-32-47-50(33-46(44)55)61-53(56-47)37-16-7-4-8-17-37)38-18-13-19-40(30-38)52-57-51(36-26-24-35(25-27-36)34-14-5-3-6-15-34)58-54(59-52)60-48-22-11-9-20-42(48)43-21-10-12-23-49(43)60/h3-33H,1-2H3. The molecular weight excluding hydrogens is 763 g/mol. The molecule has 0 radical (unpaired) electrons. The van der Waals surface area contributed by atoms with Crippen LogP contribution in [0.25, 0.3) is 105 Å². The van der Waals surface area contributed by atoms with Crippen LogP contribution >= 0.6 is 11.3 Å². The highest BCUT2D eigenvalue weighted by Crippen LogP contribution is 2.51. The minimum atomic E-state index is -0.181. The highest BCUT2D eigenvalue weighted by atomic mass is 32.1. The number of para-hydroxylation sites is 2. The van der Waals surface area contributed by atoms with Crippen LogP contribution in [0.5, 0.6) is 0 Å². The number of thiazole rings is 1. The zero-order chi connectivity index (χ0) is 40.7. The third kappa shape index (κ3) is 5.82. The van der Waals surface area contributed by atoms with Gasteiger partial charge in [0.15, 0.2) is 11.6 Å². The Labute approximate surface area is 357 Å². The molecular formula is C55H37N5S. The number of nitrogens with zero attached hydrogens (tertiary/aromatic N) is 5. The van der Waals surface area contributed by atoms with E-state index in [-0.39, 0.29) is 5.41 Å². The van der Waals surface area contributed by atoms with Gasteiger partial charge < -0.3 is 0 Å². The van der Waals surface area contributed by atoms with Crippen molar-refractivity contribution < 1.29 is 0 Å². The Kier molecular flexibility index (Phi) is 7.99.